The van der Waals surface area contributed by atoms with Gasteiger partial charge >= 0.3 is 0 Å². The zero-order chi connectivity index (χ0) is 11.7. The normalized spacial score (nSPS) is 10.8. The summed E-state index contributed by atoms with van der Waals surface area (Å²) in [4.78, 5) is 0. The minimum atomic E-state index is -0.242. The van der Waals surface area contributed by atoms with Crippen LogP contribution in [0.3, 0.4) is 0 Å². The third-order valence-electron chi connectivity index (χ3n) is 2.53. The molecule has 0 amide bonds. The first-order chi connectivity index (χ1) is 7.63. The maximum atomic E-state index is 13.1. The molecule has 2 rings (SSSR count). The zero-order valence-electron chi connectivity index (χ0n) is 9.17. The molecule has 0 N–H and O–H groups in total. The van der Waals surface area contributed by atoms with Crippen molar-refractivity contribution in [2.45, 2.75) is 20.4 Å². The Hall–Kier alpha value is -1.16. The molecular weight excluding hydrogens is 271 g/mol. The van der Waals surface area contributed by atoms with Gasteiger partial charge in [0, 0.05) is 12.1 Å². The quantitative estimate of drug-likeness (QED) is 0.820. The smallest absolute Gasteiger partial charge is 0.123 e. The number of benzene rings is 1. The monoisotopic (exact) mass is 282 g/mol. The van der Waals surface area contributed by atoms with E-state index in [1.165, 1.54) is 12.1 Å². The minimum Gasteiger partial charge on any atom is -0.268 e. The van der Waals surface area contributed by atoms with Crippen LogP contribution in [-0.2, 0) is 6.54 Å². The first-order valence-corrected chi connectivity index (χ1v) is 5.91. The Balaban J connectivity index is 2.56. The summed E-state index contributed by atoms with van der Waals surface area (Å²) in [5.41, 5.74) is 2.64. The Labute approximate surface area is 102 Å². The summed E-state index contributed by atoms with van der Waals surface area (Å²) in [5, 5.41) is 4.44. The van der Waals surface area contributed by atoms with Crippen molar-refractivity contribution in [1.29, 1.82) is 0 Å². The molecule has 1 aromatic heterocycles. The van der Waals surface area contributed by atoms with Crippen LogP contribution in [0.15, 0.2) is 28.7 Å². The molecule has 0 radical (unpaired) electrons. The second-order valence-corrected chi connectivity index (χ2v) is 4.37. The van der Waals surface area contributed by atoms with Gasteiger partial charge in [0.05, 0.1) is 10.2 Å². The van der Waals surface area contributed by atoms with Crippen LogP contribution >= 0.6 is 15.9 Å². The van der Waals surface area contributed by atoms with Crippen LogP contribution in [0.4, 0.5) is 4.39 Å². The fourth-order valence-corrected chi connectivity index (χ4v) is 2.17. The van der Waals surface area contributed by atoms with E-state index < -0.39 is 0 Å². The van der Waals surface area contributed by atoms with Gasteiger partial charge in [0.25, 0.3) is 0 Å². The summed E-state index contributed by atoms with van der Waals surface area (Å²) in [5.74, 6) is -0.242. The molecule has 0 atom stereocenters. The van der Waals surface area contributed by atoms with Gasteiger partial charge in [-0.15, -0.1) is 0 Å². The Morgan fingerprint density at radius 1 is 1.44 bits per heavy atom. The predicted molar refractivity (Wildman–Crippen MR) is 65.7 cm³/mol. The van der Waals surface area contributed by atoms with E-state index in [1.54, 1.807) is 6.07 Å². The van der Waals surface area contributed by atoms with Crippen molar-refractivity contribution >= 4 is 15.9 Å². The molecule has 1 heterocycles. The molecule has 4 heteroatoms. The van der Waals surface area contributed by atoms with Gasteiger partial charge in [0.1, 0.15) is 11.5 Å². The van der Waals surface area contributed by atoms with E-state index in [9.17, 15) is 4.39 Å². The predicted octanol–water partition coefficient (Wildman–Crippen LogP) is 3.78. The maximum Gasteiger partial charge on any atom is 0.123 e. The van der Waals surface area contributed by atoms with Crippen molar-refractivity contribution in [3.8, 4) is 11.3 Å². The van der Waals surface area contributed by atoms with E-state index in [2.05, 4.69) is 21.0 Å². The lowest BCUT2D eigenvalue weighted by atomic mass is 10.1. The van der Waals surface area contributed by atoms with Crippen LogP contribution in [0.2, 0.25) is 0 Å². The van der Waals surface area contributed by atoms with E-state index in [-0.39, 0.29) is 5.82 Å². The molecule has 84 valence electrons. The van der Waals surface area contributed by atoms with E-state index in [0.717, 1.165) is 28.0 Å². The standard InChI is InChI=1S/C12H12BrFN2/c1-3-16-8(2)11(13)12(15-16)9-5-4-6-10(14)7-9/h4-7H,3H2,1-2H3. The summed E-state index contributed by atoms with van der Waals surface area (Å²) < 4.78 is 15.9. The van der Waals surface area contributed by atoms with Crippen LogP contribution in [0.1, 0.15) is 12.6 Å². The third-order valence-corrected chi connectivity index (χ3v) is 3.48. The number of aromatic nitrogens is 2. The fraction of sp³-hybridized carbons (Fsp3) is 0.250. The maximum absolute atomic E-state index is 13.1. The van der Waals surface area contributed by atoms with Gasteiger partial charge in [-0.3, -0.25) is 4.68 Å². The van der Waals surface area contributed by atoms with Crippen molar-refractivity contribution in [1.82, 2.24) is 9.78 Å². The van der Waals surface area contributed by atoms with Crippen molar-refractivity contribution < 1.29 is 4.39 Å². The number of rotatable bonds is 2. The number of hydrogen-bond acceptors (Lipinski definition) is 1. The molecule has 0 bridgehead atoms. The molecular formula is C12H12BrFN2. The molecule has 2 aromatic rings. The van der Waals surface area contributed by atoms with Crippen molar-refractivity contribution in [3.05, 3.63) is 40.2 Å². The highest BCUT2D eigenvalue weighted by atomic mass is 79.9. The molecule has 1 aromatic carbocycles. The second-order valence-electron chi connectivity index (χ2n) is 3.57. The molecule has 0 aliphatic rings. The molecule has 0 aliphatic heterocycles. The highest BCUT2D eigenvalue weighted by molar-refractivity contribution is 9.10. The molecule has 0 saturated heterocycles. The van der Waals surface area contributed by atoms with Crippen LogP contribution in [0.5, 0.6) is 0 Å². The molecule has 16 heavy (non-hydrogen) atoms. The lowest BCUT2D eigenvalue weighted by Crippen LogP contribution is -1.98. The van der Waals surface area contributed by atoms with Gasteiger partial charge in [-0.2, -0.15) is 5.10 Å². The van der Waals surface area contributed by atoms with Crippen molar-refractivity contribution in [2.75, 3.05) is 0 Å². The first kappa shape index (κ1) is 11.3. The average Bonchev–Trinajstić information content (AvgIpc) is 2.56. The molecule has 0 aliphatic carbocycles. The van der Waals surface area contributed by atoms with Crippen LogP contribution < -0.4 is 0 Å². The van der Waals surface area contributed by atoms with E-state index >= 15 is 0 Å². The topological polar surface area (TPSA) is 17.8 Å². The SMILES string of the molecule is CCn1nc(-c2cccc(F)c2)c(Br)c1C. The average molecular weight is 283 g/mol. The van der Waals surface area contributed by atoms with E-state index in [4.69, 9.17) is 0 Å². The third kappa shape index (κ3) is 1.89. The lowest BCUT2D eigenvalue weighted by molar-refractivity contribution is 0.627. The summed E-state index contributed by atoms with van der Waals surface area (Å²) in [6.07, 6.45) is 0. The number of hydrogen-bond donors (Lipinski definition) is 0. The number of aryl methyl sites for hydroxylation is 1. The van der Waals surface area contributed by atoms with E-state index in [1.807, 2.05) is 24.6 Å². The van der Waals surface area contributed by atoms with Gasteiger partial charge in [-0.1, -0.05) is 12.1 Å². The Morgan fingerprint density at radius 3 is 2.75 bits per heavy atom. The van der Waals surface area contributed by atoms with Gasteiger partial charge < -0.3 is 0 Å². The fourth-order valence-electron chi connectivity index (χ4n) is 1.65. The number of nitrogens with zero attached hydrogens (tertiary/aromatic N) is 2. The van der Waals surface area contributed by atoms with E-state index in [0.29, 0.717) is 0 Å². The summed E-state index contributed by atoms with van der Waals surface area (Å²) >= 11 is 3.50. The van der Waals surface area contributed by atoms with Gasteiger partial charge in [0.15, 0.2) is 0 Å². The Kier molecular flexibility index (Phi) is 3.10. The molecule has 0 unspecified atom stereocenters. The van der Waals surface area contributed by atoms with Crippen molar-refractivity contribution in [2.24, 2.45) is 0 Å². The summed E-state index contributed by atoms with van der Waals surface area (Å²) in [6, 6.07) is 6.47. The highest BCUT2D eigenvalue weighted by Crippen LogP contribution is 2.30. The first-order valence-electron chi connectivity index (χ1n) is 5.12. The Morgan fingerprint density at radius 2 is 2.19 bits per heavy atom. The zero-order valence-corrected chi connectivity index (χ0v) is 10.8. The second kappa shape index (κ2) is 4.37. The van der Waals surface area contributed by atoms with Gasteiger partial charge in [-0.25, -0.2) is 4.39 Å². The van der Waals surface area contributed by atoms with Crippen molar-refractivity contribution in [3.63, 3.8) is 0 Å². The van der Waals surface area contributed by atoms with Crippen LogP contribution in [-0.4, -0.2) is 9.78 Å². The van der Waals surface area contributed by atoms with Gasteiger partial charge in [0.2, 0.25) is 0 Å². The molecule has 2 nitrogen and oxygen atoms in total. The molecule has 0 spiro atoms. The van der Waals surface area contributed by atoms with Crippen LogP contribution in [0.25, 0.3) is 11.3 Å². The minimum absolute atomic E-state index is 0.242. The number of halogens is 2. The lowest BCUT2D eigenvalue weighted by Gasteiger charge is -1.97. The van der Waals surface area contributed by atoms with Gasteiger partial charge in [-0.05, 0) is 41.9 Å². The molecule has 0 fully saturated rings. The summed E-state index contributed by atoms with van der Waals surface area (Å²) in [7, 11) is 0. The highest BCUT2D eigenvalue weighted by Gasteiger charge is 2.13. The largest absolute Gasteiger partial charge is 0.268 e. The van der Waals surface area contributed by atoms with Crippen LogP contribution in [0, 0.1) is 12.7 Å². The molecule has 0 saturated carbocycles. The summed E-state index contributed by atoms with van der Waals surface area (Å²) in [6.45, 7) is 4.82. The Bertz CT molecular complexity index is 520.